The third kappa shape index (κ3) is 4.57. The molecule has 1 fully saturated rings. The van der Waals surface area contributed by atoms with E-state index in [1.165, 1.54) is 6.07 Å². The number of halogens is 2. The first kappa shape index (κ1) is 20.6. The molecular formula is C21H21BrFN5O2. The van der Waals surface area contributed by atoms with Gasteiger partial charge < -0.3 is 9.84 Å². The van der Waals surface area contributed by atoms with Gasteiger partial charge in [0.25, 0.3) is 0 Å². The number of rotatable bonds is 5. The largest absolute Gasteiger partial charge is 0.339 e. The quantitative estimate of drug-likeness (QED) is 0.596. The molecule has 0 saturated carbocycles. The van der Waals surface area contributed by atoms with Crippen LogP contribution in [-0.4, -0.2) is 45.1 Å². The molecule has 1 unspecified atom stereocenters. The topological polar surface area (TPSA) is 84.2 Å². The van der Waals surface area contributed by atoms with Gasteiger partial charge in [-0.25, -0.2) is 4.39 Å². The van der Waals surface area contributed by atoms with Crippen molar-refractivity contribution in [1.82, 2.24) is 20.0 Å². The van der Waals surface area contributed by atoms with Crippen LogP contribution in [-0.2, 0) is 4.79 Å². The number of carbonyl (C=O) groups excluding carboxylic acids is 1. The minimum Gasteiger partial charge on any atom is -0.339 e. The van der Waals surface area contributed by atoms with Gasteiger partial charge >= 0.3 is 0 Å². The van der Waals surface area contributed by atoms with Gasteiger partial charge in [-0.1, -0.05) is 27.2 Å². The van der Waals surface area contributed by atoms with Crippen LogP contribution in [0.15, 0.2) is 51.6 Å². The minimum absolute atomic E-state index is 0.144. The van der Waals surface area contributed by atoms with Crippen LogP contribution in [0.3, 0.4) is 0 Å². The Morgan fingerprint density at radius 1 is 1.30 bits per heavy atom. The highest BCUT2D eigenvalue weighted by Gasteiger charge is 2.30. The SMILES string of the molecule is CC(C(=O)Nc1ccc(Br)cc1F)N1CCC(c2nc(-c3ccccn3)no2)CC1. The number of benzene rings is 1. The summed E-state index contributed by atoms with van der Waals surface area (Å²) in [5, 5.41) is 6.71. The molecule has 2 aromatic heterocycles. The van der Waals surface area contributed by atoms with E-state index in [1.54, 1.807) is 18.3 Å². The van der Waals surface area contributed by atoms with Crippen molar-refractivity contribution >= 4 is 27.5 Å². The van der Waals surface area contributed by atoms with Crippen molar-refractivity contribution in [1.29, 1.82) is 0 Å². The van der Waals surface area contributed by atoms with Gasteiger partial charge in [-0.15, -0.1) is 0 Å². The fourth-order valence-electron chi connectivity index (χ4n) is 3.53. The number of hydrogen-bond acceptors (Lipinski definition) is 6. The number of piperidine rings is 1. The first-order chi connectivity index (χ1) is 14.5. The summed E-state index contributed by atoms with van der Waals surface area (Å²) in [5.41, 5.74) is 0.855. The lowest BCUT2D eigenvalue weighted by molar-refractivity contribution is -0.121. The van der Waals surface area contributed by atoms with E-state index in [0.717, 1.165) is 12.8 Å². The highest BCUT2D eigenvalue weighted by atomic mass is 79.9. The lowest BCUT2D eigenvalue weighted by Gasteiger charge is -2.34. The number of aromatic nitrogens is 3. The molecule has 1 aliphatic heterocycles. The van der Waals surface area contributed by atoms with E-state index >= 15 is 0 Å². The summed E-state index contributed by atoms with van der Waals surface area (Å²) in [7, 11) is 0. The maximum absolute atomic E-state index is 14.0. The van der Waals surface area contributed by atoms with Crippen LogP contribution in [0.25, 0.3) is 11.5 Å². The van der Waals surface area contributed by atoms with Crippen molar-refractivity contribution in [2.24, 2.45) is 0 Å². The highest BCUT2D eigenvalue weighted by Crippen LogP contribution is 2.29. The molecule has 0 spiro atoms. The molecule has 1 saturated heterocycles. The van der Waals surface area contributed by atoms with Gasteiger partial charge in [-0.3, -0.25) is 14.7 Å². The predicted molar refractivity (Wildman–Crippen MR) is 113 cm³/mol. The fraction of sp³-hybridized carbons (Fsp3) is 0.333. The smallest absolute Gasteiger partial charge is 0.241 e. The molecule has 1 amide bonds. The van der Waals surface area contributed by atoms with E-state index in [9.17, 15) is 9.18 Å². The van der Waals surface area contributed by atoms with E-state index in [-0.39, 0.29) is 23.6 Å². The first-order valence-corrected chi connectivity index (χ1v) is 10.6. The van der Waals surface area contributed by atoms with Crippen molar-refractivity contribution in [2.45, 2.75) is 31.7 Å². The second-order valence-electron chi connectivity index (χ2n) is 7.27. The Labute approximate surface area is 181 Å². The third-order valence-electron chi connectivity index (χ3n) is 5.33. The molecule has 3 heterocycles. The predicted octanol–water partition coefficient (Wildman–Crippen LogP) is 4.24. The van der Waals surface area contributed by atoms with Crippen molar-refractivity contribution in [2.75, 3.05) is 18.4 Å². The van der Waals surface area contributed by atoms with Crippen LogP contribution >= 0.6 is 15.9 Å². The molecule has 3 aromatic rings. The van der Waals surface area contributed by atoms with Gasteiger partial charge in [0.1, 0.15) is 11.5 Å². The molecule has 156 valence electrons. The molecular weight excluding hydrogens is 453 g/mol. The fourth-order valence-corrected chi connectivity index (χ4v) is 3.86. The molecule has 1 atom stereocenters. The molecule has 30 heavy (non-hydrogen) atoms. The summed E-state index contributed by atoms with van der Waals surface area (Å²) < 4.78 is 20.1. The van der Waals surface area contributed by atoms with Crippen LogP contribution in [0.5, 0.6) is 0 Å². The summed E-state index contributed by atoms with van der Waals surface area (Å²) in [5.74, 6) is 0.528. The molecule has 1 aromatic carbocycles. The zero-order chi connectivity index (χ0) is 21.1. The highest BCUT2D eigenvalue weighted by molar-refractivity contribution is 9.10. The van der Waals surface area contributed by atoms with Gasteiger partial charge in [0.2, 0.25) is 17.6 Å². The van der Waals surface area contributed by atoms with Gasteiger partial charge in [0.05, 0.1) is 11.7 Å². The van der Waals surface area contributed by atoms with E-state index < -0.39 is 5.82 Å². The monoisotopic (exact) mass is 473 g/mol. The Kier molecular flexibility index (Phi) is 6.19. The van der Waals surface area contributed by atoms with Crippen LogP contribution in [0, 0.1) is 5.82 Å². The molecule has 4 rings (SSSR count). The number of anilines is 1. The number of carbonyl (C=O) groups is 1. The lowest BCUT2D eigenvalue weighted by atomic mass is 9.95. The number of nitrogens with zero attached hydrogens (tertiary/aromatic N) is 4. The number of hydrogen-bond donors (Lipinski definition) is 1. The second-order valence-corrected chi connectivity index (χ2v) is 8.19. The van der Waals surface area contributed by atoms with Gasteiger partial charge in [0.15, 0.2) is 0 Å². The normalized spacial score (nSPS) is 16.4. The lowest BCUT2D eigenvalue weighted by Crippen LogP contribution is -2.45. The average molecular weight is 474 g/mol. The zero-order valence-corrected chi connectivity index (χ0v) is 18.0. The number of likely N-dealkylation sites (tertiary alicyclic amines) is 1. The Bertz CT molecular complexity index is 1020. The molecule has 0 bridgehead atoms. The van der Waals surface area contributed by atoms with Crippen molar-refractivity contribution in [3.63, 3.8) is 0 Å². The van der Waals surface area contributed by atoms with Crippen LogP contribution in [0.4, 0.5) is 10.1 Å². The molecule has 1 N–H and O–H groups in total. The summed E-state index contributed by atoms with van der Waals surface area (Å²) in [6.45, 7) is 3.26. The molecule has 7 nitrogen and oxygen atoms in total. The molecule has 0 aliphatic carbocycles. The molecule has 1 aliphatic rings. The maximum atomic E-state index is 14.0. The standard InChI is InChI=1S/C21H21BrFN5O2/c1-13(20(29)25-17-6-5-15(22)12-16(17)23)28-10-7-14(8-11-28)21-26-19(27-30-21)18-4-2-3-9-24-18/h2-6,9,12-14H,7-8,10-11H2,1H3,(H,25,29). The van der Waals surface area contributed by atoms with Crippen LogP contribution < -0.4 is 5.32 Å². The molecule has 0 radical (unpaired) electrons. The number of pyridine rings is 1. The van der Waals surface area contributed by atoms with Crippen LogP contribution in [0.1, 0.15) is 31.6 Å². The van der Waals surface area contributed by atoms with Gasteiger partial charge in [0, 0.05) is 16.6 Å². The van der Waals surface area contributed by atoms with Crippen LogP contribution in [0.2, 0.25) is 0 Å². The third-order valence-corrected chi connectivity index (χ3v) is 5.82. The summed E-state index contributed by atoms with van der Waals surface area (Å²) in [6, 6.07) is 9.75. The van der Waals surface area contributed by atoms with Crippen molar-refractivity contribution < 1.29 is 13.7 Å². The zero-order valence-electron chi connectivity index (χ0n) is 16.4. The Balaban J connectivity index is 1.34. The Morgan fingerprint density at radius 2 is 2.10 bits per heavy atom. The second kappa shape index (κ2) is 9.01. The van der Waals surface area contributed by atoms with E-state index in [0.29, 0.717) is 35.0 Å². The summed E-state index contributed by atoms with van der Waals surface area (Å²) >= 11 is 3.21. The summed E-state index contributed by atoms with van der Waals surface area (Å²) in [4.78, 5) is 23.4. The van der Waals surface area contributed by atoms with E-state index in [1.807, 2.05) is 25.1 Å². The van der Waals surface area contributed by atoms with Gasteiger partial charge in [-0.05, 0) is 63.2 Å². The van der Waals surface area contributed by atoms with Gasteiger partial charge in [-0.2, -0.15) is 4.98 Å². The van der Waals surface area contributed by atoms with Crippen molar-refractivity contribution in [3.05, 3.63) is 58.8 Å². The first-order valence-electron chi connectivity index (χ1n) is 9.76. The maximum Gasteiger partial charge on any atom is 0.241 e. The number of nitrogens with one attached hydrogen (secondary N) is 1. The van der Waals surface area contributed by atoms with E-state index in [2.05, 4.69) is 41.3 Å². The van der Waals surface area contributed by atoms with E-state index in [4.69, 9.17) is 4.52 Å². The summed E-state index contributed by atoms with van der Waals surface area (Å²) in [6.07, 6.45) is 3.29. The minimum atomic E-state index is -0.469. The van der Waals surface area contributed by atoms with Crippen molar-refractivity contribution in [3.8, 4) is 11.5 Å². The average Bonchev–Trinajstić information content (AvgIpc) is 3.26. The Morgan fingerprint density at radius 3 is 2.80 bits per heavy atom. The molecule has 9 heteroatoms. The Hall–Kier alpha value is -2.65. The number of amides is 1.